The Morgan fingerprint density at radius 3 is 2.71 bits per heavy atom. The fourth-order valence-electron chi connectivity index (χ4n) is 4.16. The topological polar surface area (TPSA) is 29.1 Å². The Kier molecular flexibility index (Phi) is 6.75. The molecule has 5 rings (SSSR count). The molecule has 0 amide bonds. The van der Waals surface area contributed by atoms with Gasteiger partial charge in [0.05, 0.1) is 17.1 Å². The fourth-order valence-corrected chi connectivity index (χ4v) is 8.09. The first-order valence-electron chi connectivity index (χ1n) is 11.1. The molecule has 0 saturated heterocycles. The highest BCUT2D eigenvalue weighted by atomic mass is 32.2. The van der Waals surface area contributed by atoms with Crippen molar-refractivity contribution in [1.82, 2.24) is 4.57 Å². The molecule has 2 aromatic heterocycles. The van der Waals surface area contributed by atoms with Gasteiger partial charge in [0, 0.05) is 35.9 Å². The molecule has 3 heterocycles. The zero-order valence-corrected chi connectivity index (χ0v) is 22.8. The van der Waals surface area contributed by atoms with E-state index in [0.29, 0.717) is 6.54 Å². The number of nitrogens with zero attached hydrogens (tertiary/aromatic N) is 3. The summed E-state index contributed by atoms with van der Waals surface area (Å²) < 4.78 is 5.98. The Morgan fingerprint density at radius 1 is 1.18 bits per heavy atom. The van der Waals surface area contributed by atoms with Crippen LogP contribution in [0, 0.1) is 0 Å². The van der Waals surface area contributed by atoms with Crippen molar-refractivity contribution < 1.29 is 4.57 Å². The third-order valence-electron chi connectivity index (χ3n) is 6.07. The van der Waals surface area contributed by atoms with Gasteiger partial charge in [-0.15, -0.1) is 23.1 Å². The summed E-state index contributed by atoms with van der Waals surface area (Å²) in [5.74, 6) is 0. The van der Waals surface area contributed by atoms with E-state index in [0.717, 1.165) is 24.9 Å². The number of benzene rings is 2. The van der Waals surface area contributed by atoms with Crippen LogP contribution in [0.15, 0.2) is 74.7 Å². The molecule has 0 radical (unpaired) electrons. The van der Waals surface area contributed by atoms with Crippen LogP contribution in [0.1, 0.15) is 30.5 Å². The standard InChI is InChI=1S/C26H26N3OS4/c1-5-28-23(16-22-29(13-14-32-22)17(2)18-9-7-6-8-10-18)34-24(25(28)30)26-27(3)20-12-11-19(31-4)15-21(20)33-26/h6-17H,5H2,1-4H3/q+1/b26-24+. The minimum Gasteiger partial charge on any atom is -0.337 e. The summed E-state index contributed by atoms with van der Waals surface area (Å²) in [7, 11) is 2.06. The van der Waals surface area contributed by atoms with Crippen molar-refractivity contribution in [3.63, 3.8) is 0 Å². The number of aromatic nitrogens is 2. The molecule has 8 heteroatoms. The van der Waals surface area contributed by atoms with Gasteiger partial charge in [0.2, 0.25) is 0 Å². The number of thiazole rings is 2. The Hall–Kier alpha value is -2.26. The van der Waals surface area contributed by atoms with Crippen molar-refractivity contribution >= 4 is 63.0 Å². The number of thioether (sulfide) groups is 2. The van der Waals surface area contributed by atoms with Crippen LogP contribution >= 0.6 is 46.2 Å². The molecule has 0 N–H and O–H groups in total. The first kappa shape index (κ1) is 23.5. The molecule has 2 aromatic carbocycles. The highest BCUT2D eigenvalue weighted by Crippen LogP contribution is 2.46. The molecule has 4 nitrogen and oxygen atoms in total. The third kappa shape index (κ3) is 4.17. The molecular weight excluding hydrogens is 499 g/mol. The van der Waals surface area contributed by atoms with Crippen LogP contribution < -0.4 is 24.2 Å². The number of hydrogen-bond donors (Lipinski definition) is 0. The highest BCUT2D eigenvalue weighted by molar-refractivity contribution is 8.08. The second kappa shape index (κ2) is 9.77. The Balaban J connectivity index is 1.62. The van der Waals surface area contributed by atoms with Crippen LogP contribution in [0.4, 0.5) is 5.69 Å². The molecule has 1 atom stereocenters. The second-order valence-electron chi connectivity index (χ2n) is 8.00. The van der Waals surface area contributed by atoms with Gasteiger partial charge in [0.1, 0.15) is 14.2 Å². The number of anilines is 1. The van der Waals surface area contributed by atoms with E-state index in [1.807, 2.05) is 17.6 Å². The van der Waals surface area contributed by atoms with E-state index in [1.165, 1.54) is 15.4 Å². The van der Waals surface area contributed by atoms with Crippen molar-refractivity contribution in [2.75, 3.05) is 18.2 Å². The summed E-state index contributed by atoms with van der Waals surface area (Å²) in [6.45, 7) is 4.90. The average Bonchev–Trinajstić information content (AvgIpc) is 3.54. The third-order valence-corrected chi connectivity index (χ3v) is 10.1. The normalized spacial score (nSPS) is 16.2. The lowest BCUT2D eigenvalue weighted by Gasteiger charge is -2.12. The van der Waals surface area contributed by atoms with Gasteiger partial charge < -0.3 is 4.90 Å². The molecular formula is C26H26N3OS4+. The van der Waals surface area contributed by atoms with E-state index >= 15 is 0 Å². The van der Waals surface area contributed by atoms with Crippen LogP contribution in [0.5, 0.6) is 0 Å². The lowest BCUT2D eigenvalue weighted by molar-refractivity contribution is -0.707. The van der Waals surface area contributed by atoms with Gasteiger partial charge in [0.15, 0.2) is 12.2 Å². The molecule has 0 saturated carbocycles. The van der Waals surface area contributed by atoms with Gasteiger partial charge in [-0.3, -0.25) is 9.36 Å². The maximum absolute atomic E-state index is 13.5. The zero-order chi connectivity index (χ0) is 23.8. The van der Waals surface area contributed by atoms with Gasteiger partial charge >= 0.3 is 0 Å². The maximum Gasteiger partial charge on any atom is 0.271 e. The van der Waals surface area contributed by atoms with E-state index in [-0.39, 0.29) is 11.6 Å². The predicted molar refractivity (Wildman–Crippen MR) is 148 cm³/mol. The van der Waals surface area contributed by atoms with Gasteiger partial charge in [-0.2, -0.15) is 4.57 Å². The van der Waals surface area contributed by atoms with E-state index < -0.39 is 0 Å². The Labute approximate surface area is 215 Å². The molecule has 0 bridgehead atoms. The Morgan fingerprint density at radius 2 is 1.97 bits per heavy atom. The van der Waals surface area contributed by atoms with Crippen LogP contribution in [-0.2, 0) is 6.54 Å². The monoisotopic (exact) mass is 524 g/mol. The van der Waals surface area contributed by atoms with E-state index in [2.05, 4.69) is 89.8 Å². The first-order valence-corrected chi connectivity index (χ1v) is 14.8. The molecule has 34 heavy (non-hydrogen) atoms. The molecule has 1 unspecified atom stereocenters. The van der Waals surface area contributed by atoms with Gasteiger partial charge in [-0.05, 0) is 31.4 Å². The zero-order valence-electron chi connectivity index (χ0n) is 19.5. The first-order chi connectivity index (χ1) is 16.5. The summed E-state index contributed by atoms with van der Waals surface area (Å²) in [5.41, 5.74) is 2.51. The smallest absolute Gasteiger partial charge is 0.271 e. The van der Waals surface area contributed by atoms with Crippen molar-refractivity contribution in [3.8, 4) is 0 Å². The second-order valence-corrected chi connectivity index (χ2v) is 11.9. The summed E-state index contributed by atoms with van der Waals surface area (Å²) in [6.07, 6.45) is 6.39. The lowest BCUT2D eigenvalue weighted by Crippen LogP contribution is -2.39. The minimum atomic E-state index is 0.0882. The molecule has 0 fully saturated rings. The highest BCUT2D eigenvalue weighted by Gasteiger charge is 2.25. The van der Waals surface area contributed by atoms with Crippen molar-refractivity contribution in [2.45, 2.75) is 36.2 Å². The number of fused-ring (bicyclic) bond motifs is 1. The van der Waals surface area contributed by atoms with Crippen molar-refractivity contribution in [2.24, 2.45) is 0 Å². The summed E-state index contributed by atoms with van der Waals surface area (Å²) in [6, 6.07) is 17.3. The lowest BCUT2D eigenvalue weighted by atomic mass is 10.1. The maximum atomic E-state index is 13.5. The van der Waals surface area contributed by atoms with Crippen molar-refractivity contribution in [3.05, 3.63) is 90.2 Å². The number of rotatable bonds is 5. The van der Waals surface area contributed by atoms with E-state index in [4.69, 9.17) is 0 Å². The molecule has 174 valence electrons. The largest absolute Gasteiger partial charge is 0.337 e. The van der Waals surface area contributed by atoms with Crippen LogP contribution in [0.2, 0.25) is 0 Å². The summed E-state index contributed by atoms with van der Waals surface area (Å²) in [4.78, 5) is 18.1. The predicted octanol–water partition coefficient (Wildman–Crippen LogP) is 4.75. The molecule has 1 aliphatic heterocycles. The van der Waals surface area contributed by atoms with Crippen LogP contribution in [0.3, 0.4) is 0 Å². The van der Waals surface area contributed by atoms with E-state index in [1.54, 1.807) is 46.2 Å². The minimum absolute atomic E-state index is 0.0882. The van der Waals surface area contributed by atoms with E-state index in [9.17, 15) is 4.79 Å². The summed E-state index contributed by atoms with van der Waals surface area (Å²) in [5, 5.41) is 4.27. The van der Waals surface area contributed by atoms with Gasteiger partial charge in [0.25, 0.3) is 10.6 Å². The average molecular weight is 525 g/mol. The SMILES string of the molecule is CCn1c(=O)/c(=C2\Sc3cc(SC)ccc3N2C)s/c1=C\c1scc[n+]1C(C)c1ccccc1. The van der Waals surface area contributed by atoms with Gasteiger partial charge in [-0.25, -0.2) is 0 Å². The molecule has 0 spiro atoms. The van der Waals surface area contributed by atoms with Crippen LogP contribution in [0.25, 0.3) is 11.1 Å². The van der Waals surface area contributed by atoms with Crippen molar-refractivity contribution in [1.29, 1.82) is 0 Å². The number of hydrogen-bond acceptors (Lipinski definition) is 6. The quantitative estimate of drug-likeness (QED) is 0.278. The Bertz CT molecular complexity index is 1520. The summed E-state index contributed by atoms with van der Waals surface area (Å²) >= 11 is 6.73. The fraction of sp³-hybridized carbons (Fsp3) is 0.231. The molecule has 0 aliphatic carbocycles. The molecule has 4 aromatic rings. The molecule has 1 aliphatic rings. The van der Waals surface area contributed by atoms with Gasteiger partial charge in [-0.1, -0.05) is 53.4 Å². The van der Waals surface area contributed by atoms with Crippen LogP contribution in [-0.4, -0.2) is 17.9 Å².